The second-order valence-corrected chi connectivity index (χ2v) is 10.1. The Bertz CT molecular complexity index is 1320. The topological polar surface area (TPSA) is 3.24 Å². The van der Waals surface area contributed by atoms with E-state index in [4.69, 9.17) is 11.6 Å². The molecule has 186 valence electrons. The van der Waals surface area contributed by atoms with Gasteiger partial charge in [0.2, 0.25) is 6.43 Å². The summed E-state index contributed by atoms with van der Waals surface area (Å²) in [5.74, 6) is -0.358. The van der Waals surface area contributed by atoms with Crippen LogP contribution in [-0.2, 0) is 6.42 Å². The van der Waals surface area contributed by atoms with Crippen molar-refractivity contribution < 1.29 is 13.2 Å². The molecule has 5 heteroatoms. The van der Waals surface area contributed by atoms with Crippen LogP contribution in [0.15, 0.2) is 66.2 Å². The van der Waals surface area contributed by atoms with Crippen molar-refractivity contribution in [1.29, 1.82) is 0 Å². The molecule has 0 amide bonds. The number of hydrogen-bond acceptors (Lipinski definition) is 1. The molecule has 0 atom stereocenters. The van der Waals surface area contributed by atoms with Crippen molar-refractivity contribution in [3.8, 4) is 0 Å². The minimum Gasteiger partial charge on any atom is -0.295 e. The van der Waals surface area contributed by atoms with Gasteiger partial charge in [-0.1, -0.05) is 72.3 Å². The molecule has 1 nitrogen and oxygen atoms in total. The zero-order valence-electron chi connectivity index (χ0n) is 20.3. The summed E-state index contributed by atoms with van der Waals surface area (Å²) in [4.78, 5) is 2.04. The fourth-order valence-electron chi connectivity index (χ4n) is 5.34. The minimum absolute atomic E-state index is 0.0715. The molecule has 3 aromatic rings. The van der Waals surface area contributed by atoms with E-state index in [2.05, 4.69) is 54.6 Å². The number of rotatable bonds is 6. The van der Waals surface area contributed by atoms with Crippen LogP contribution in [0.4, 0.5) is 13.2 Å². The van der Waals surface area contributed by atoms with Crippen molar-refractivity contribution in [3.63, 3.8) is 0 Å². The maximum atomic E-state index is 14.8. The highest BCUT2D eigenvalue weighted by Gasteiger charge is 2.23. The molecule has 0 saturated carbocycles. The Morgan fingerprint density at radius 1 is 0.944 bits per heavy atom. The highest BCUT2D eigenvalue weighted by atomic mass is 35.5. The molecule has 1 heterocycles. The first-order chi connectivity index (χ1) is 17.4. The number of aryl methyl sites for hydroxylation is 1. The van der Waals surface area contributed by atoms with Gasteiger partial charge < -0.3 is 0 Å². The third-order valence-electron chi connectivity index (χ3n) is 7.21. The van der Waals surface area contributed by atoms with E-state index in [0.717, 1.165) is 60.2 Å². The molecule has 0 N–H and O–H groups in total. The Morgan fingerprint density at radius 2 is 1.69 bits per heavy atom. The van der Waals surface area contributed by atoms with Crippen molar-refractivity contribution in [2.45, 2.75) is 39.0 Å². The van der Waals surface area contributed by atoms with Gasteiger partial charge in [0.25, 0.3) is 0 Å². The standard InChI is InChI=1S/C31H29ClF3N/c1-20-25(13-14-28(32)31(20)35)27-8-4-6-23-5-2-3-7-26(23)30(27)24-11-9-21(10-12-24)17-22-18-36(19-22)16-15-29(33)34/h2-3,5,7,9-14,17,29H,4,6,8,15-16,18-19H2,1H3. The first kappa shape index (κ1) is 24.9. The van der Waals surface area contributed by atoms with Crippen LogP contribution in [0.2, 0.25) is 5.02 Å². The molecule has 1 aliphatic heterocycles. The maximum Gasteiger partial charge on any atom is 0.239 e. The fraction of sp³-hybridized carbons (Fsp3) is 0.290. The second kappa shape index (κ2) is 10.7. The molecule has 0 spiro atoms. The van der Waals surface area contributed by atoms with Crippen molar-refractivity contribution in [3.05, 3.63) is 110 Å². The summed E-state index contributed by atoms with van der Waals surface area (Å²) in [5, 5.41) is 0.147. The number of likely N-dealkylation sites (tertiary alicyclic amines) is 1. The number of allylic oxidation sites excluding steroid dienone is 1. The number of fused-ring (bicyclic) bond motifs is 1. The summed E-state index contributed by atoms with van der Waals surface area (Å²) in [6.45, 7) is 3.74. The molecular weight excluding hydrogens is 479 g/mol. The summed E-state index contributed by atoms with van der Waals surface area (Å²) < 4.78 is 39.7. The van der Waals surface area contributed by atoms with Gasteiger partial charge in [-0.25, -0.2) is 13.2 Å². The molecule has 0 bridgehead atoms. The third-order valence-corrected chi connectivity index (χ3v) is 7.50. The van der Waals surface area contributed by atoms with E-state index < -0.39 is 6.43 Å². The molecule has 0 unspecified atom stereocenters. The first-order valence-electron chi connectivity index (χ1n) is 12.5. The lowest BCUT2D eigenvalue weighted by Gasteiger charge is -2.34. The molecule has 5 rings (SSSR count). The molecule has 2 aliphatic rings. The summed E-state index contributed by atoms with van der Waals surface area (Å²) >= 11 is 6.07. The molecule has 1 fully saturated rings. The van der Waals surface area contributed by atoms with E-state index in [9.17, 15) is 13.2 Å². The Hall–Kier alpha value is -2.82. The van der Waals surface area contributed by atoms with Crippen LogP contribution in [0.25, 0.3) is 17.2 Å². The van der Waals surface area contributed by atoms with Crippen molar-refractivity contribution in [2.24, 2.45) is 0 Å². The Balaban J connectivity index is 1.50. The molecule has 3 aromatic carbocycles. The van der Waals surface area contributed by atoms with Gasteiger partial charge in [0.1, 0.15) is 5.82 Å². The van der Waals surface area contributed by atoms with Gasteiger partial charge in [-0.3, -0.25) is 4.90 Å². The quantitative estimate of drug-likeness (QED) is 0.323. The maximum absolute atomic E-state index is 14.8. The lowest BCUT2D eigenvalue weighted by atomic mass is 9.86. The molecule has 0 aromatic heterocycles. The van der Waals surface area contributed by atoms with Crippen LogP contribution in [0.5, 0.6) is 0 Å². The summed E-state index contributed by atoms with van der Waals surface area (Å²) in [5.41, 5.74) is 9.73. The van der Waals surface area contributed by atoms with Crippen molar-refractivity contribution in [2.75, 3.05) is 19.6 Å². The van der Waals surface area contributed by atoms with Gasteiger partial charge in [-0.2, -0.15) is 0 Å². The normalized spacial score (nSPS) is 16.1. The molecule has 36 heavy (non-hydrogen) atoms. The van der Waals surface area contributed by atoms with E-state index in [0.29, 0.717) is 12.1 Å². The minimum atomic E-state index is -2.24. The first-order valence-corrected chi connectivity index (χ1v) is 12.9. The predicted molar refractivity (Wildman–Crippen MR) is 143 cm³/mol. The third kappa shape index (κ3) is 5.16. The summed E-state index contributed by atoms with van der Waals surface area (Å²) in [6, 6.07) is 20.6. The van der Waals surface area contributed by atoms with Crippen LogP contribution < -0.4 is 0 Å². The Labute approximate surface area is 215 Å². The largest absolute Gasteiger partial charge is 0.295 e. The van der Waals surface area contributed by atoms with Gasteiger partial charge in [0.05, 0.1) is 5.02 Å². The second-order valence-electron chi connectivity index (χ2n) is 9.71. The number of benzene rings is 3. The highest BCUT2D eigenvalue weighted by Crippen LogP contribution is 2.41. The lowest BCUT2D eigenvalue weighted by molar-refractivity contribution is 0.111. The van der Waals surface area contributed by atoms with E-state index in [-0.39, 0.29) is 17.3 Å². The zero-order valence-corrected chi connectivity index (χ0v) is 21.1. The number of alkyl halides is 2. The van der Waals surface area contributed by atoms with Crippen LogP contribution in [-0.4, -0.2) is 31.0 Å². The molecule has 1 aliphatic carbocycles. The average molecular weight is 508 g/mol. The molecule has 0 radical (unpaired) electrons. The van der Waals surface area contributed by atoms with Gasteiger partial charge in [-0.05, 0) is 82.4 Å². The van der Waals surface area contributed by atoms with E-state index in [1.807, 2.05) is 11.0 Å². The van der Waals surface area contributed by atoms with E-state index in [1.165, 1.54) is 16.7 Å². The van der Waals surface area contributed by atoms with Crippen LogP contribution in [0.1, 0.15) is 52.6 Å². The lowest BCUT2D eigenvalue weighted by Crippen LogP contribution is -2.40. The SMILES string of the molecule is Cc1c(C2=C(c3ccc(C=C4CN(CCC(F)F)C4)cc3)c3ccccc3CCC2)ccc(Cl)c1F. The van der Waals surface area contributed by atoms with Gasteiger partial charge in [0, 0.05) is 26.1 Å². The highest BCUT2D eigenvalue weighted by molar-refractivity contribution is 6.30. The van der Waals surface area contributed by atoms with Crippen molar-refractivity contribution >= 4 is 28.8 Å². The Kier molecular flexibility index (Phi) is 7.36. The van der Waals surface area contributed by atoms with E-state index in [1.54, 1.807) is 13.0 Å². The predicted octanol–water partition coefficient (Wildman–Crippen LogP) is 8.44. The monoisotopic (exact) mass is 507 g/mol. The van der Waals surface area contributed by atoms with Gasteiger partial charge in [0.15, 0.2) is 0 Å². The van der Waals surface area contributed by atoms with Crippen molar-refractivity contribution in [1.82, 2.24) is 4.90 Å². The number of halogens is 4. The van der Waals surface area contributed by atoms with E-state index >= 15 is 0 Å². The van der Waals surface area contributed by atoms with Gasteiger partial charge >= 0.3 is 0 Å². The molecule has 1 saturated heterocycles. The zero-order chi connectivity index (χ0) is 25.2. The average Bonchev–Trinajstić information content (AvgIpc) is 3.04. The van der Waals surface area contributed by atoms with Crippen LogP contribution >= 0.6 is 11.6 Å². The fourth-order valence-corrected chi connectivity index (χ4v) is 5.55. The molecular formula is C31H29ClF3N. The Morgan fingerprint density at radius 3 is 2.44 bits per heavy atom. The smallest absolute Gasteiger partial charge is 0.239 e. The summed E-state index contributed by atoms with van der Waals surface area (Å²) in [7, 11) is 0. The van der Waals surface area contributed by atoms with Crippen LogP contribution in [0.3, 0.4) is 0 Å². The number of nitrogens with zero attached hydrogens (tertiary/aromatic N) is 1. The van der Waals surface area contributed by atoms with Gasteiger partial charge in [-0.15, -0.1) is 0 Å². The van der Waals surface area contributed by atoms with Crippen LogP contribution in [0, 0.1) is 12.7 Å². The summed E-state index contributed by atoms with van der Waals surface area (Å²) in [6.07, 6.45) is 2.66. The number of hydrogen-bond donors (Lipinski definition) is 0.